The third kappa shape index (κ3) is 5.50. The van der Waals surface area contributed by atoms with Gasteiger partial charge in [0.2, 0.25) is 0 Å². The molecule has 0 saturated carbocycles. The highest BCUT2D eigenvalue weighted by atomic mass is 28.6. The summed E-state index contributed by atoms with van der Waals surface area (Å²) in [6, 6.07) is 1.41. The van der Waals surface area contributed by atoms with Gasteiger partial charge in [-0.3, -0.25) is 0 Å². The molecule has 0 amide bonds. The zero-order valence-electron chi connectivity index (χ0n) is 20.5. The highest BCUT2D eigenvalue weighted by Gasteiger charge is 2.75. The third-order valence-corrected chi connectivity index (χ3v) is 34.6. The van der Waals surface area contributed by atoms with Gasteiger partial charge < -0.3 is 51.4 Å². The monoisotopic (exact) mass is 594 g/mol. The second kappa shape index (κ2) is 9.73. The van der Waals surface area contributed by atoms with Crippen molar-refractivity contribution in [1.29, 1.82) is 0 Å². The maximum Gasteiger partial charge on any atom is 0.483 e. The minimum absolute atomic E-state index is 0.130. The fourth-order valence-corrected chi connectivity index (χ4v) is 39.6. The Hall–Kier alpha value is 1.04. The molecule has 0 aromatic carbocycles. The summed E-state index contributed by atoms with van der Waals surface area (Å²) < 4.78 is 57.5. The van der Waals surface area contributed by atoms with Crippen molar-refractivity contribution >= 4 is 61.6 Å². The Bertz CT molecular complexity index is 610. The first-order valence-electron chi connectivity index (χ1n) is 11.8. The van der Waals surface area contributed by atoms with Gasteiger partial charge >= 0.3 is 61.6 Å². The van der Waals surface area contributed by atoms with Crippen LogP contribution in [0, 0.1) is 0 Å². The molecule has 0 unspecified atom stereocenters. The van der Waals surface area contributed by atoms with Crippen LogP contribution in [0.15, 0.2) is 0 Å². The smallest absolute Gasteiger partial charge is 0.391 e. The molecular formula is C14H38O12Si7. The van der Waals surface area contributed by atoms with E-state index < -0.39 is 61.6 Å². The zero-order chi connectivity index (χ0) is 24.8. The molecule has 3 heterocycles. The number of hydrogen-bond donors (Lipinski definition) is 3. The SMILES string of the molecule is CC[Si]1(O)O[Si]2(CC)O[Si](O)(CC)O[Si]3(CC)O[Si](O)(CC)O[Si](CC)(O1)O[Si](CC)(O2)O3. The van der Waals surface area contributed by atoms with Crippen LogP contribution in [-0.2, 0) is 37.0 Å². The minimum Gasteiger partial charge on any atom is -0.391 e. The summed E-state index contributed by atoms with van der Waals surface area (Å²) >= 11 is 0. The first kappa shape index (κ1) is 28.6. The van der Waals surface area contributed by atoms with E-state index in [2.05, 4.69) is 0 Å². The van der Waals surface area contributed by atoms with Crippen LogP contribution in [0.5, 0.6) is 0 Å². The summed E-state index contributed by atoms with van der Waals surface area (Å²) in [5.41, 5.74) is 0. The van der Waals surface area contributed by atoms with E-state index in [-0.39, 0.29) is 36.3 Å². The van der Waals surface area contributed by atoms with Crippen LogP contribution in [0.3, 0.4) is 0 Å². The molecular weight excluding hydrogens is 557 g/mol. The molecule has 0 radical (unpaired) electrons. The Kier molecular flexibility index (Phi) is 8.43. The van der Waals surface area contributed by atoms with Crippen molar-refractivity contribution in [2.75, 3.05) is 0 Å². The van der Waals surface area contributed by atoms with Crippen molar-refractivity contribution in [2.24, 2.45) is 0 Å². The molecule has 3 fully saturated rings. The predicted octanol–water partition coefficient (Wildman–Crippen LogP) is 1.87. The second-order valence-electron chi connectivity index (χ2n) is 8.26. The highest BCUT2D eigenvalue weighted by molar-refractivity contribution is 6.98. The normalized spacial score (nSPS) is 50.7. The Balaban J connectivity index is 2.32. The molecule has 0 atom stereocenters. The van der Waals surface area contributed by atoms with Gasteiger partial charge in [0, 0.05) is 42.3 Å². The van der Waals surface area contributed by atoms with Gasteiger partial charge in [0.15, 0.2) is 0 Å². The largest absolute Gasteiger partial charge is 0.483 e. The zero-order valence-corrected chi connectivity index (χ0v) is 27.5. The lowest BCUT2D eigenvalue weighted by molar-refractivity contribution is 0.00996. The third-order valence-electron chi connectivity index (χ3n) is 5.90. The van der Waals surface area contributed by atoms with E-state index in [0.29, 0.717) is 6.04 Å². The van der Waals surface area contributed by atoms with Crippen LogP contribution in [0.4, 0.5) is 0 Å². The van der Waals surface area contributed by atoms with Crippen molar-refractivity contribution in [3.8, 4) is 0 Å². The maximum atomic E-state index is 11.5. The molecule has 3 saturated heterocycles. The Morgan fingerprint density at radius 2 is 0.515 bits per heavy atom. The van der Waals surface area contributed by atoms with Crippen LogP contribution >= 0.6 is 0 Å². The lowest BCUT2D eigenvalue weighted by atomic mass is 11.0. The molecule has 0 aliphatic carbocycles. The molecule has 12 nitrogen and oxygen atoms in total. The van der Waals surface area contributed by atoms with Gasteiger partial charge in [0.05, 0.1) is 0 Å². The Labute approximate surface area is 203 Å². The van der Waals surface area contributed by atoms with Gasteiger partial charge in [0.25, 0.3) is 0 Å². The maximum absolute atomic E-state index is 11.5. The lowest BCUT2D eigenvalue weighted by Gasteiger charge is -2.56. The van der Waals surface area contributed by atoms with Crippen LogP contribution in [0.25, 0.3) is 0 Å². The first-order chi connectivity index (χ1) is 15.3. The van der Waals surface area contributed by atoms with Crippen LogP contribution in [0.2, 0.25) is 42.3 Å². The van der Waals surface area contributed by atoms with Gasteiger partial charge in [-0.15, -0.1) is 0 Å². The summed E-state index contributed by atoms with van der Waals surface area (Å²) in [7, 11) is -27.1. The highest BCUT2D eigenvalue weighted by Crippen LogP contribution is 2.45. The first-order valence-corrected chi connectivity index (χ1v) is 25.4. The molecule has 3 aliphatic rings. The Morgan fingerprint density at radius 3 is 0.667 bits per heavy atom. The second-order valence-corrected chi connectivity index (χ2v) is 30.3. The topological polar surface area (TPSA) is 144 Å². The summed E-state index contributed by atoms with van der Waals surface area (Å²) in [6.45, 7) is 12.4. The molecule has 3 rings (SSSR count). The molecule has 4 bridgehead atoms. The van der Waals surface area contributed by atoms with E-state index in [0.717, 1.165) is 0 Å². The van der Waals surface area contributed by atoms with Gasteiger partial charge in [-0.05, 0) is 0 Å². The van der Waals surface area contributed by atoms with E-state index in [9.17, 15) is 14.4 Å². The fourth-order valence-electron chi connectivity index (χ4n) is 3.78. The van der Waals surface area contributed by atoms with Crippen LogP contribution in [-0.4, -0.2) is 76.0 Å². The van der Waals surface area contributed by atoms with Crippen molar-refractivity contribution in [2.45, 2.75) is 90.8 Å². The summed E-state index contributed by atoms with van der Waals surface area (Å²) in [5, 5.41) is 0. The fraction of sp³-hybridized carbons (Fsp3) is 1.00. The van der Waals surface area contributed by atoms with Crippen molar-refractivity contribution in [3.05, 3.63) is 0 Å². The number of hydrogen-bond acceptors (Lipinski definition) is 12. The summed E-state index contributed by atoms with van der Waals surface area (Å²) in [6.07, 6.45) is 0. The molecule has 19 heteroatoms. The molecule has 33 heavy (non-hydrogen) atoms. The lowest BCUT2D eigenvalue weighted by Crippen LogP contribution is -2.81. The molecule has 0 spiro atoms. The van der Waals surface area contributed by atoms with Crippen molar-refractivity contribution < 1.29 is 51.4 Å². The van der Waals surface area contributed by atoms with E-state index in [4.69, 9.17) is 37.0 Å². The van der Waals surface area contributed by atoms with Gasteiger partial charge in [0.1, 0.15) is 0 Å². The average molecular weight is 595 g/mol. The molecule has 194 valence electrons. The van der Waals surface area contributed by atoms with E-state index in [1.54, 1.807) is 41.5 Å². The van der Waals surface area contributed by atoms with Crippen molar-refractivity contribution in [1.82, 2.24) is 0 Å². The average Bonchev–Trinajstić information content (AvgIpc) is 2.75. The van der Waals surface area contributed by atoms with E-state index in [1.165, 1.54) is 0 Å². The molecule has 3 N–H and O–H groups in total. The van der Waals surface area contributed by atoms with E-state index in [1.807, 2.05) is 6.92 Å². The van der Waals surface area contributed by atoms with Crippen molar-refractivity contribution in [3.63, 3.8) is 0 Å². The Morgan fingerprint density at radius 1 is 0.333 bits per heavy atom. The van der Waals surface area contributed by atoms with Gasteiger partial charge in [-0.2, -0.15) is 0 Å². The molecule has 0 aromatic rings. The van der Waals surface area contributed by atoms with Crippen LogP contribution < -0.4 is 0 Å². The van der Waals surface area contributed by atoms with Crippen LogP contribution in [0.1, 0.15) is 48.5 Å². The minimum atomic E-state index is -3.99. The molecule has 3 aliphatic heterocycles. The summed E-state index contributed by atoms with van der Waals surface area (Å²) in [5.74, 6) is 0. The quantitative estimate of drug-likeness (QED) is 0.370. The predicted molar refractivity (Wildman–Crippen MR) is 130 cm³/mol. The molecule has 0 aromatic heterocycles. The van der Waals surface area contributed by atoms with E-state index >= 15 is 0 Å². The number of rotatable bonds is 7. The summed E-state index contributed by atoms with van der Waals surface area (Å²) in [4.78, 5) is 34.5. The van der Waals surface area contributed by atoms with Gasteiger partial charge in [-0.1, -0.05) is 48.5 Å². The van der Waals surface area contributed by atoms with Gasteiger partial charge in [-0.25, -0.2) is 0 Å². The standard InChI is InChI=1S/C14H38O12Si7/c1-8-27(15)18-30(11-4)20-28(16,9-2)22-32(13-6)23-29(17,10-3)21-31(12-5,19-27)25-33(14-7,24-30)26-32/h15-17H,8-14H2,1-7H3. The number of fused-ring (bicyclic) bond motifs is 3.